The summed E-state index contributed by atoms with van der Waals surface area (Å²) in [5.41, 5.74) is 5.82. The van der Waals surface area contributed by atoms with Gasteiger partial charge in [0.25, 0.3) is 0 Å². The summed E-state index contributed by atoms with van der Waals surface area (Å²) in [6, 6.07) is 0. The van der Waals surface area contributed by atoms with Crippen LogP contribution in [-0.2, 0) is 6.54 Å². The first-order valence-corrected chi connectivity index (χ1v) is 6.08. The summed E-state index contributed by atoms with van der Waals surface area (Å²) < 4.78 is 2.30. The van der Waals surface area contributed by atoms with Gasteiger partial charge in [-0.2, -0.15) is 0 Å². The smallest absolute Gasteiger partial charge is 0.112 e. The lowest BCUT2D eigenvalue weighted by molar-refractivity contribution is 0.456. The lowest BCUT2D eigenvalue weighted by Gasteiger charge is -2.18. The van der Waals surface area contributed by atoms with Crippen LogP contribution in [-0.4, -0.2) is 16.1 Å². The number of hydrogen-bond donors (Lipinski definition) is 1. The van der Waals surface area contributed by atoms with Gasteiger partial charge in [-0.05, 0) is 31.7 Å². The topological polar surface area (TPSA) is 43.8 Å². The van der Waals surface area contributed by atoms with Crippen molar-refractivity contribution in [1.29, 1.82) is 0 Å². The molecule has 2 atom stereocenters. The monoisotopic (exact) mass is 207 g/mol. The number of aryl methyl sites for hydroxylation is 1. The summed E-state index contributed by atoms with van der Waals surface area (Å²) in [4.78, 5) is 4.52. The standard InChI is InChI=1S/C12H21N3/c1-2-7-15-8-6-14-12(15)11-5-3-4-10(11)9-13/h6,8,10-11H,2-5,7,9,13H2,1H3. The quantitative estimate of drug-likeness (QED) is 0.822. The zero-order valence-electron chi connectivity index (χ0n) is 9.52. The van der Waals surface area contributed by atoms with Gasteiger partial charge in [0.15, 0.2) is 0 Å². The SMILES string of the molecule is CCCn1ccnc1C1CCCC1CN. The predicted octanol–water partition coefficient (Wildman–Crippen LogP) is 2.14. The van der Waals surface area contributed by atoms with Crippen LogP contribution in [0.3, 0.4) is 0 Å². The molecule has 15 heavy (non-hydrogen) atoms. The van der Waals surface area contributed by atoms with E-state index in [2.05, 4.69) is 22.7 Å². The van der Waals surface area contributed by atoms with Crippen molar-refractivity contribution in [3.8, 4) is 0 Å². The number of nitrogens with two attached hydrogens (primary N) is 1. The molecule has 1 aliphatic rings. The van der Waals surface area contributed by atoms with Crippen molar-refractivity contribution in [3.05, 3.63) is 18.2 Å². The van der Waals surface area contributed by atoms with Crippen LogP contribution in [0.25, 0.3) is 0 Å². The third-order valence-corrected chi connectivity index (χ3v) is 3.51. The zero-order chi connectivity index (χ0) is 10.7. The summed E-state index contributed by atoms with van der Waals surface area (Å²) in [5, 5.41) is 0. The molecular formula is C12H21N3. The number of aromatic nitrogens is 2. The van der Waals surface area contributed by atoms with Gasteiger partial charge in [-0.15, -0.1) is 0 Å². The Balaban J connectivity index is 2.16. The molecule has 0 saturated heterocycles. The zero-order valence-corrected chi connectivity index (χ0v) is 9.52. The Kier molecular flexibility index (Phi) is 3.41. The first-order chi connectivity index (χ1) is 7.36. The summed E-state index contributed by atoms with van der Waals surface area (Å²) in [6.45, 7) is 4.10. The highest BCUT2D eigenvalue weighted by Gasteiger charge is 2.30. The Morgan fingerprint density at radius 1 is 1.53 bits per heavy atom. The Morgan fingerprint density at radius 2 is 2.40 bits per heavy atom. The molecule has 1 aromatic rings. The maximum atomic E-state index is 5.82. The number of nitrogens with zero attached hydrogens (tertiary/aromatic N) is 2. The molecule has 84 valence electrons. The Morgan fingerprint density at radius 3 is 3.13 bits per heavy atom. The molecule has 1 aliphatic carbocycles. The minimum absolute atomic E-state index is 0.608. The van der Waals surface area contributed by atoms with Crippen molar-refractivity contribution in [2.45, 2.75) is 45.1 Å². The van der Waals surface area contributed by atoms with Gasteiger partial charge in [0.1, 0.15) is 5.82 Å². The van der Waals surface area contributed by atoms with Crippen molar-refractivity contribution < 1.29 is 0 Å². The largest absolute Gasteiger partial charge is 0.335 e. The minimum atomic E-state index is 0.608. The van der Waals surface area contributed by atoms with E-state index in [1.165, 1.54) is 31.5 Å². The van der Waals surface area contributed by atoms with Gasteiger partial charge < -0.3 is 10.3 Å². The van der Waals surface area contributed by atoms with E-state index in [1.807, 2.05) is 6.20 Å². The van der Waals surface area contributed by atoms with E-state index < -0.39 is 0 Å². The van der Waals surface area contributed by atoms with E-state index in [0.717, 1.165) is 13.1 Å². The van der Waals surface area contributed by atoms with E-state index in [1.54, 1.807) is 0 Å². The van der Waals surface area contributed by atoms with Crippen LogP contribution in [0.5, 0.6) is 0 Å². The fourth-order valence-electron chi connectivity index (χ4n) is 2.74. The molecular weight excluding hydrogens is 186 g/mol. The Hall–Kier alpha value is -0.830. The second-order valence-corrected chi connectivity index (χ2v) is 4.51. The first kappa shape index (κ1) is 10.7. The molecule has 3 heteroatoms. The second-order valence-electron chi connectivity index (χ2n) is 4.51. The molecule has 1 saturated carbocycles. The average Bonchev–Trinajstić information content (AvgIpc) is 2.84. The highest BCUT2D eigenvalue weighted by atomic mass is 15.1. The Labute approximate surface area is 91.7 Å². The molecule has 3 nitrogen and oxygen atoms in total. The van der Waals surface area contributed by atoms with Crippen molar-refractivity contribution in [1.82, 2.24) is 9.55 Å². The van der Waals surface area contributed by atoms with Crippen LogP contribution in [0.1, 0.15) is 44.3 Å². The van der Waals surface area contributed by atoms with Crippen molar-refractivity contribution in [2.24, 2.45) is 11.7 Å². The third kappa shape index (κ3) is 2.07. The van der Waals surface area contributed by atoms with Crippen molar-refractivity contribution in [2.75, 3.05) is 6.54 Å². The molecule has 0 aliphatic heterocycles. The summed E-state index contributed by atoms with van der Waals surface area (Å²) in [7, 11) is 0. The van der Waals surface area contributed by atoms with Crippen molar-refractivity contribution in [3.63, 3.8) is 0 Å². The molecule has 1 heterocycles. The van der Waals surface area contributed by atoms with Gasteiger partial charge in [-0.25, -0.2) is 4.98 Å². The van der Waals surface area contributed by atoms with E-state index in [9.17, 15) is 0 Å². The maximum absolute atomic E-state index is 5.82. The molecule has 1 aromatic heterocycles. The molecule has 0 bridgehead atoms. The van der Waals surface area contributed by atoms with Gasteiger partial charge in [0.05, 0.1) is 0 Å². The average molecular weight is 207 g/mol. The van der Waals surface area contributed by atoms with Gasteiger partial charge in [-0.3, -0.25) is 0 Å². The molecule has 0 radical (unpaired) electrons. The summed E-state index contributed by atoms with van der Waals surface area (Å²) in [5.74, 6) is 2.53. The lowest BCUT2D eigenvalue weighted by atomic mass is 9.95. The van der Waals surface area contributed by atoms with Crippen LogP contribution in [0, 0.1) is 5.92 Å². The maximum Gasteiger partial charge on any atom is 0.112 e. The third-order valence-electron chi connectivity index (χ3n) is 3.51. The first-order valence-electron chi connectivity index (χ1n) is 6.08. The van der Waals surface area contributed by atoms with E-state index in [-0.39, 0.29) is 0 Å². The van der Waals surface area contributed by atoms with Crippen LogP contribution >= 0.6 is 0 Å². The van der Waals surface area contributed by atoms with Crippen LogP contribution < -0.4 is 5.73 Å². The normalized spacial score (nSPS) is 26.0. The highest BCUT2D eigenvalue weighted by Crippen LogP contribution is 2.38. The van der Waals surface area contributed by atoms with Gasteiger partial charge in [0.2, 0.25) is 0 Å². The number of rotatable bonds is 4. The predicted molar refractivity (Wildman–Crippen MR) is 61.7 cm³/mol. The molecule has 2 rings (SSSR count). The van der Waals surface area contributed by atoms with E-state index in [4.69, 9.17) is 5.73 Å². The van der Waals surface area contributed by atoms with Gasteiger partial charge in [0, 0.05) is 24.9 Å². The highest BCUT2D eigenvalue weighted by molar-refractivity contribution is 5.05. The summed E-state index contributed by atoms with van der Waals surface area (Å²) >= 11 is 0. The number of imidazole rings is 1. The fourth-order valence-corrected chi connectivity index (χ4v) is 2.74. The summed E-state index contributed by atoms with van der Waals surface area (Å²) in [6.07, 6.45) is 9.05. The van der Waals surface area contributed by atoms with Gasteiger partial charge >= 0.3 is 0 Å². The molecule has 2 unspecified atom stereocenters. The molecule has 0 amide bonds. The minimum Gasteiger partial charge on any atom is -0.335 e. The molecule has 0 spiro atoms. The second kappa shape index (κ2) is 4.79. The fraction of sp³-hybridized carbons (Fsp3) is 0.750. The number of hydrogen-bond acceptors (Lipinski definition) is 2. The molecule has 0 aromatic carbocycles. The van der Waals surface area contributed by atoms with E-state index >= 15 is 0 Å². The van der Waals surface area contributed by atoms with Crippen LogP contribution in [0.15, 0.2) is 12.4 Å². The van der Waals surface area contributed by atoms with Crippen LogP contribution in [0.2, 0.25) is 0 Å². The van der Waals surface area contributed by atoms with Gasteiger partial charge in [-0.1, -0.05) is 13.3 Å². The van der Waals surface area contributed by atoms with Crippen molar-refractivity contribution >= 4 is 0 Å². The molecule has 2 N–H and O–H groups in total. The molecule has 1 fully saturated rings. The lowest BCUT2D eigenvalue weighted by Crippen LogP contribution is -2.20. The van der Waals surface area contributed by atoms with Crippen LogP contribution in [0.4, 0.5) is 0 Å². The Bertz CT molecular complexity index is 306. The van der Waals surface area contributed by atoms with E-state index in [0.29, 0.717) is 11.8 Å².